The Hall–Kier alpha value is -2.48. The van der Waals surface area contributed by atoms with E-state index in [9.17, 15) is 21.6 Å². The van der Waals surface area contributed by atoms with Gasteiger partial charge in [0.15, 0.2) is 0 Å². The molecule has 0 fully saturated rings. The van der Waals surface area contributed by atoms with E-state index in [1.54, 1.807) is 6.07 Å². The van der Waals surface area contributed by atoms with Gasteiger partial charge in [-0.05, 0) is 36.6 Å². The predicted octanol–water partition coefficient (Wildman–Crippen LogP) is 4.78. The number of halogens is 3. The minimum Gasteiger partial charge on any atom is -0.459 e. The van der Waals surface area contributed by atoms with Crippen molar-refractivity contribution in [1.82, 2.24) is 0 Å². The zero-order valence-corrected chi connectivity index (χ0v) is 15.0. The largest absolute Gasteiger partial charge is 0.516 e. The van der Waals surface area contributed by atoms with Crippen molar-refractivity contribution < 1.29 is 26.0 Å². The van der Waals surface area contributed by atoms with Crippen LogP contribution in [0.15, 0.2) is 46.9 Å². The predicted molar refractivity (Wildman–Crippen MR) is 95.0 cm³/mol. The molecule has 0 spiro atoms. The van der Waals surface area contributed by atoms with E-state index in [2.05, 4.69) is 0 Å². The lowest BCUT2D eigenvalue weighted by atomic mass is 9.77. The first-order chi connectivity index (χ1) is 12.7. The minimum absolute atomic E-state index is 0.0778. The van der Waals surface area contributed by atoms with E-state index in [-0.39, 0.29) is 18.7 Å². The molecule has 0 amide bonds. The maximum atomic E-state index is 13.2. The Bertz CT molecular complexity index is 1210. The molecule has 0 radical (unpaired) electrons. The summed E-state index contributed by atoms with van der Waals surface area (Å²) in [6.07, 6.45) is 0.207. The van der Waals surface area contributed by atoms with E-state index in [0.717, 1.165) is 16.5 Å². The molecule has 2 aliphatic rings. The summed E-state index contributed by atoms with van der Waals surface area (Å²) in [7, 11) is -5.46. The lowest BCUT2D eigenvalue weighted by molar-refractivity contribution is -0.0439. The van der Waals surface area contributed by atoms with Gasteiger partial charge < -0.3 is 4.42 Å². The quantitative estimate of drug-likeness (QED) is 0.598. The third-order valence-electron chi connectivity index (χ3n) is 5.63. The Morgan fingerprint density at radius 2 is 1.85 bits per heavy atom. The molecule has 8 heteroatoms. The standard InChI is InChI=1S/C19H14F3NO3S/c1-18-9-10-23(27(24,25)19(20,21)22)13-7-4-6-12(16(13)18)15-11-5-2-3-8-14(11)26-17(15)18/h2-8H,9-10H2,1H3. The number of furan rings is 1. The first kappa shape index (κ1) is 16.7. The van der Waals surface area contributed by atoms with Crippen molar-refractivity contribution in [2.45, 2.75) is 24.3 Å². The average molecular weight is 393 g/mol. The number of rotatable bonds is 1. The molecule has 1 atom stereocenters. The van der Waals surface area contributed by atoms with Gasteiger partial charge in [0, 0.05) is 17.5 Å². The molecular formula is C19H14F3NO3S. The lowest BCUT2D eigenvalue weighted by Crippen LogP contribution is -2.46. The van der Waals surface area contributed by atoms with Crippen LogP contribution in [-0.4, -0.2) is 20.5 Å². The molecule has 2 aromatic carbocycles. The molecule has 2 heterocycles. The van der Waals surface area contributed by atoms with Crippen LogP contribution in [0, 0.1) is 0 Å². The van der Waals surface area contributed by atoms with Crippen molar-refractivity contribution in [3.05, 3.63) is 53.8 Å². The van der Waals surface area contributed by atoms with Gasteiger partial charge in [0.25, 0.3) is 0 Å². The average Bonchev–Trinajstić information content (AvgIpc) is 3.10. The zero-order chi connectivity index (χ0) is 19.2. The molecule has 1 aromatic heterocycles. The van der Waals surface area contributed by atoms with Gasteiger partial charge in [0.2, 0.25) is 0 Å². The number of alkyl halides is 3. The van der Waals surface area contributed by atoms with Crippen LogP contribution < -0.4 is 4.31 Å². The fourth-order valence-corrected chi connectivity index (χ4v) is 5.40. The first-order valence-corrected chi connectivity index (χ1v) is 9.85. The van der Waals surface area contributed by atoms with Crippen LogP contribution >= 0.6 is 0 Å². The molecule has 27 heavy (non-hydrogen) atoms. The van der Waals surface area contributed by atoms with Crippen molar-refractivity contribution in [3.63, 3.8) is 0 Å². The number of fused-ring (bicyclic) bond motifs is 5. The minimum atomic E-state index is -5.46. The van der Waals surface area contributed by atoms with Crippen LogP contribution in [0.1, 0.15) is 24.7 Å². The van der Waals surface area contributed by atoms with Gasteiger partial charge in [-0.2, -0.15) is 21.6 Å². The molecule has 5 rings (SSSR count). The SMILES string of the molecule is CC12CCN(S(=O)(=O)C(F)(F)F)c3cccc(c31)-c1c2oc2ccccc12. The fourth-order valence-electron chi connectivity index (χ4n) is 4.41. The van der Waals surface area contributed by atoms with E-state index in [0.29, 0.717) is 21.2 Å². The van der Waals surface area contributed by atoms with Gasteiger partial charge in [-0.15, -0.1) is 0 Å². The van der Waals surface area contributed by atoms with Crippen LogP contribution in [0.25, 0.3) is 22.1 Å². The Labute approximate surface area is 153 Å². The Morgan fingerprint density at radius 1 is 1.11 bits per heavy atom. The highest BCUT2D eigenvalue weighted by atomic mass is 32.2. The molecule has 1 aliphatic heterocycles. The van der Waals surface area contributed by atoms with Crippen LogP contribution in [0.4, 0.5) is 18.9 Å². The molecule has 1 aliphatic carbocycles. The van der Waals surface area contributed by atoms with Gasteiger partial charge in [0.1, 0.15) is 11.3 Å². The lowest BCUT2D eigenvalue weighted by Gasteiger charge is -2.38. The molecule has 1 unspecified atom stereocenters. The van der Waals surface area contributed by atoms with Crippen LogP contribution in [0.3, 0.4) is 0 Å². The maximum Gasteiger partial charge on any atom is 0.516 e. The summed E-state index contributed by atoms with van der Waals surface area (Å²) in [6, 6.07) is 12.3. The number of sulfonamides is 1. The van der Waals surface area contributed by atoms with E-state index in [4.69, 9.17) is 4.42 Å². The number of anilines is 1. The normalized spacial score (nSPS) is 21.4. The number of nitrogens with zero attached hydrogens (tertiary/aromatic N) is 1. The molecule has 0 saturated heterocycles. The van der Waals surface area contributed by atoms with E-state index < -0.39 is 20.9 Å². The summed E-state index contributed by atoms with van der Waals surface area (Å²) in [4.78, 5) is 0. The highest BCUT2D eigenvalue weighted by molar-refractivity contribution is 7.93. The van der Waals surface area contributed by atoms with Crippen molar-refractivity contribution >= 4 is 26.7 Å². The summed E-state index contributed by atoms with van der Waals surface area (Å²) >= 11 is 0. The van der Waals surface area contributed by atoms with E-state index in [1.165, 1.54) is 6.07 Å². The monoisotopic (exact) mass is 393 g/mol. The van der Waals surface area contributed by atoms with Crippen molar-refractivity contribution in [2.24, 2.45) is 0 Å². The van der Waals surface area contributed by atoms with Gasteiger partial charge in [-0.1, -0.05) is 30.3 Å². The smallest absolute Gasteiger partial charge is 0.459 e. The molecule has 0 bridgehead atoms. The van der Waals surface area contributed by atoms with Gasteiger partial charge in [0.05, 0.1) is 11.1 Å². The molecule has 4 nitrogen and oxygen atoms in total. The number of para-hydroxylation sites is 1. The second-order valence-electron chi connectivity index (χ2n) is 7.11. The summed E-state index contributed by atoms with van der Waals surface area (Å²) in [5.74, 6) is 0.690. The van der Waals surface area contributed by atoms with Gasteiger partial charge in [-0.25, -0.2) is 0 Å². The van der Waals surface area contributed by atoms with Gasteiger partial charge >= 0.3 is 15.5 Å². The van der Waals surface area contributed by atoms with Crippen molar-refractivity contribution in [2.75, 3.05) is 10.8 Å². The summed E-state index contributed by atoms with van der Waals surface area (Å²) in [6.45, 7) is 1.65. The summed E-state index contributed by atoms with van der Waals surface area (Å²) in [5, 5.41) is 0.877. The number of hydrogen-bond acceptors (Lipinski definition) is 3. The van der Waals surface area contributed by atoms with Crippen LogP contribution in [0.5, 0.6) is 0 Å². The summed E-state index contributed by atoms with van der Waals surface area (Å²) in [5.41, 5.74) is -3.06. The van der Waals surface area contributed by atoms with Crippen LogP contribution in [-0.2, 0) is 15.4 Å². The Kier molecular flexibility index (Phi) is 3.00. The highest BCUT2D eigenvalue weighted by Gasteiger charge is 2.55. The van der Waals surface area contributed by atoms with Crippen molar-refractivity contribution in [1.29, 1.82) is 0 Å². The third kappa shape index (κ3) is 1.91. The van der Waals surface area contributed by atoms with Crippen molar-refractivity contribution in [3.8, 4) is 11.1 Å². The topological polar surface area (TPSA) is 50.5 Å². The molecule has 0 N–H and O–H groups in total. The fraction of sp³-hybridized carbons (Fsp3) is 0.263. The van der Waals surface area contributed by atoms with Gasteiger partial charge in [-0.3, -0.25) is 4.31 Å². The van der Waals surface area contributed by atoms with E-state index >= 15 is 0 Å². The molecule has 3 aromatic rings. The summed E-state index contributed by atoms with van der Waals surface area (Å²) < 4.78 is 70.4. The maximum absolute atomic E-state index is 13.2. The number of benzene rings is 2. The third-order valence-corrected chi connectivity index (χ3v) is 7.17. The number of hydrogen-bond donors (Lipinski definition) is 0. The van der Waals surface area contributed by atoms with E-state index in [1.807, 2.05) is 37.3 Å². The highest BCUT2D eigenvalue weighted by Crippen LogP contribution is 2.59. The molecular weight excluding hydrogens is 379 g/mol. The molecule has 0 saturated carbocycles. The Morgan fingerprint density at radius 3 is 2.59 bits per heavy atom. The zero-order valence-electron chi connectivity index (χ0n) is 14.2. The molecule has 140 valence electrons. The van der Waals surface area contributed by atoms with Crippen LogP contribution in [0.2, 0.25) is 0 Å². The second kappa shape index (κ2) is 4.86. The Balaban J connectivity index is 1.82. The second-order valence-corrected chi connectivity index (χ2v) is 8.96. The first-order valence-electron chi connectivity index (χ1n) is 8.41.